The summed E-state index contributed by atoms with van der Waals surface area (Å²) >= 11 is 3.34. The maximum atomic E-state index is 11.3. The zero-order valence-corrected chi connectivity index (χ0v) is 9.87. The Labute approximate surface area is 95.6 Å². The van der Waals surface area contributed by atoms with E-state index >= 15 is 0 Å². The summed E-state index contributed by atoms with van der Waals surface area (Å²) in [6.07, 6.45) is 2.13. The first-order valence-corrected chi connectivity index (χ1v) is 6.52. The van der Waals surface area contributed by atoms with E-state index in [0.29, 0.717) is 5.01 Å². The van der Waals surface area contributed by atoms with Gasteiger partial charge in [0, 0.05) is 22.2 Å². The van der Waals surface area contributed by atoms with Crippen molar-refractivity contribution in [1.29, 1.82) is 0 Å². The molecule has 0 N–H and O–H groups in total. The molecule has 0 spiro atoms. The van der Waals surface area contributed by atoms with Crippen molar-refractivity contribution in [1.82, 2.24) is 4.98 Å². The monoisotopic (exact) mass is 235 g/mol. The predicted molar refractivity (Wildman–Crippen MR) is 62.8 cm³/mol. The van der Waals surface area contributed by atoms with Crippen LogP contribution in [0.15, 0.2) is 11.4 Å². The second kappa shape index (κ2) is 3.25. The fraction of sp³-hybridized carbons (Fsp3) is 0.273. The van der Waals surface area contributed by atoms with Gasteiger partial charge in [0.15, 0.2) is 10.8 Å². The summed E-state index contributed by atoms with van der Waals surface area (Å²) in [6, 6.07) is 2.11. The van der Waals surface area contributed by atoms with Gasteiger partial charge < -0.3 is 0 Å². The maximum absolute atomic E-state index is 11.3. The molecule has 0 saturated heterocycles. The first kappa shape index (κ1) is 9.24. The Balaban J connectivity index is 2.20. The van der Waals surface area contributed by atoms with E-state index < -0.39 is 0 Å². The molecule has 2 heterocycles. The van der Waals surface area contributed by atoms with Gasteiger partial charge in [0.1, 0.15) is 0 Å². The van der Waals surface area contributed by atoms with Gasteiger partial charge in [-0.05, 0) is 24.3 Å². The van der Waals surface area contributed by atoms with Crippen LogP contribution in [0.3, 0.4) is 0 Å². The summed E-state index contributed by atoms with van der Waals surface area (Å²) in [4.78, 5) is 18.4. The van der Waals surface area contributed by atoms with Crippen molar-refractivity contribution in [2.45, 2.75) is 19.8 Å². The molecule has 0 radical (unpaired) electrons. The van der Waals surface area contributed by atoms with E-state index in [2.05, 4.69) is 16.4 Å². The van der Waals surface area contributed by atoms with E-state index in [1.165, 1.54) is 15.3 Å². The number of rotatable bonds is 1. The largest absolute Gasteiger partial charge is 0.292 e. The molecule has 2 aromatic heterocycles. The fourth-order valence-corrected chi connectivity index (χ4v) is 3.70. The van der Waals surface area contributed by atoms with E-state index in [1.807, 2.05) is 0 Å². The molecule has 1 aliphatic carbocycles. The van der Waals surface area contributed by atoms with Crippen LogP contribution in [-0.4, -0.2) is 10.8 Å². The number of aryl methyl sites for hydroxylation is 2. The zero-order valence-electron chi connectivity index (χ0n) is 8.24. The summed E-state index contributed by atoms with van der Waals surface area (Å²) in [7, 11) is 0. The van der Waals surface area contributed by atoms with Crippen molar-refractivity contribution in [2.24, 2.45) is 0 Å². The SMILES string of the molecule is CC(=O)c1nc2c(s1)CCc1sccc1-2. The van der Waals surface area contributed by atoms with Crippen LogP contribution >= 0.6 is 22.7 Å². The highest BCUT2D eigenvalue weighted by atomic mass is 32.1. The van der Waals surface area contributed by atoms with Crippen LogP contribution in [0.4, 0.5) is 0 Å². The van der Waals surface area contributed by atoms with Crippen molar-refractivity contribution in [3.8, 4) is 11.3 Å². The Morgan fingerprint density at radius 1 is 1.40 bits per heavy atom. The number of nitrogens with zero attached hydrogens (tertiary/aromatic N) is 1. The highest BCUT2D eigenvalue weighted by Gasteiger charge is 2.22. The lowest BCUT2D eigenvalue weighted by Crippen LogP contribution is -1.97. The number of aromatic nitrogens is 1. The lowest BCUT2D eigenvalue weighted by Gasteiger charge is -2.09. The minimum absolute atomic E-state index is 0.0752. The van der Waals surface area contributed by atoms with Crippen molar-refractivity contribution in [2.75, 3.05) is 0 Å². The van der Waals surface area contributed by atoms with Crippen molar-refractivity contribution in [3.05, 3.63) is 26.2 Å². The highest BCUT2D eigenvalue weighted by Crippen LogP contribution is 2.38. The molecular formula is C11H9NOS2. The van der Waals surface area contributed by atoms with Gasteiger partial charge in [-0.2, -0.15) is 0 Å². The quantitative estimate of drug-likeness (QED) is 0.711. The lowest BCUT2D eigenvalue weighted by molar-refractivity contribution is 0.101. The molecule has 1 aliphatic rings. The Morgan fingerprint density at radius 2 is 2.20 bits per heavy atom. The van der Waals surface area contributed by atoms with Crippen molar-refractivity contribution >= 4 is 28.5 Å². The Hall–Kier alpha value is -1.00. The number of carbonyl (C=O) groups is 1. The second-order valence-corrected chi connectivity index (χ2v) is 5.69. The maximum Gasteiger partial charge on any atom is 0.188 e. The smallest absolute Gasteiger partial charge is 0.188 e. The van der Waals surface area contributed by atoms with E-state index in [1.54, 1.807) is 29.6 Å². The summed E-state index contributed by atoms with van der Waals surface area (Å²) in [6.45, 7) is 1.58. The van der Waals surface area contributed by atoms with Gasteiger partial charge in [0.25, 0.3) is 0 Å². The third-order valence-corrected chi connectivity index (χ3v) is 4.77. The summed E-state index contributed by atoms with van der Waals surface area (Å²) in [5.74, 6) is 0.0752. The molecular weight excluding hydrogens is 226 g/mol. The van der Waals surface area contributed by atoms with Gasteiger partial charge in [-0.1, -0.05) is 0 Å². The molecule has 0 aromatic carbocycles. The number of thiazole rings is 1. The summed E-state index contributed by atoms with van der Waals surface area (Å²) in [5.41, 5.74) is 2.29. The standard InChI is InChI=1S/C11H9NOS2/c1-6(13)11-12-10-7-4-5-14-8(7)2-3-9(10)15-11/h4-5H,2-3H2,1H3. The molecule has 0 bridgehead atoms. The fourth-order valence-electron chi connectivity index (χ4n) is 1.85. The highest BCUT2D eigenvalue weighted by molar-refractivity contribution is 7.14. The molecule has 3 rings (SSSR count). The zero-order chi connectivity index (χ0) is 10.4. The third-order valence-electron chi connectivity index (χ3n) is 2.58. The van der Waals surface area contributed by atoms with Crippen molar-refractivity contribution in [3.63, 3.8) is 0 Å². The minimum atomic E-state index is 0.0752. The number of carbonyl (C=O) groups excluding carboxylic acids is 1. The third kappa shape index (κ3) is 1.36. The second-order valence-electron chi connectivity index (χ2n) is 3.60. The van der Waals surface area contributed by atoms with E-state index in [-0.39, 0.29) is 5.78 Å². The molecule has 0 unspecified atom stereocenters. The topological polar surface area (TPSA) is 30.0 Å². The molecule has 2 nitrogen and oxygen atoms in total. The molecule has 15 heavy (non-hydrogen) atoms. The Bertz CT molecular complexity index is 539. The van der Waals surface area contributed by atoms with Gasteiger partial charge in [0.05, 0.1) is 5.69 Å². The van der Waals surface area contributed by atoms with Crippen LogP contribution in [0.1, 0.15) is 26.5 Å². The van der Waals surface area contributed by atoms with Gasteiger partial charge in [-0.3, -0.25) is 4.79 Å². The van der Waals surface area contributed by atoms with Gasteiger partial charge in [0.2, 0.25) is 0 Å². The first-order chi connectivity index (χ1) is 7.25. The van der Waals surface area contributed by atoms with Gasteiger partial charge in [-0.25, -0.2) is 4.98 Å². The molecule has 2 aromatic rings. The molecule has 0 amide bonds. The minimum Gasteiger partial charge on any atom is -0.292 e. The van der Waals surface area contributed by atoms with Crippen molar-refractivity contribution < 1.29 is 4.79 Å². The molecule has 0 atom stereocenters. The van der Waals surface area contributed by atoms with Crippen LogP contribution in [0.2, 0.25) is 0 Å². The average molecular weight is 235 g/mol. The molecule has 76 valence electrons. The normalized spacial score (nSPS) is 13.4. The van der Waals surface area contributed by atoms with E-state index in [4.69, 9.17) is 0 Å². The molecule has 0 saturated carbocycles. The van der Waals surface area contributed by atoms with Crippen LogP contribution < -0.4 is 0 Å². The van der Waals surface area contributed by atoms with Crippen LogP contribution in [0.25, 0.3) is 11.3 Å². The predicted octanol–water partition coefficient (Wildman–Crippen LogP) is 3.17. The van der Waals surface area contributed by atoms with Gasteiger partial charge in [-0.15, -0.1) is 22.7 Å². The summed E-state index contributed by atoms with van der Waals surface area (Å²) in [5, 5.41) is 2.76. The Kier molecular flexibility index (Phi) is 2.00. The number of Topliss-reactive ketones (excluding diaryl/α,β-unsaturated/α-hetero) is 1. The molecule has 0 aliphatic heterocycles. The number of hydrogen-bond acceptors (Lipinski definition) is 4. The summed E-state index contributed by atoms with van der Waals surface area (Å²) < 4.78 is 0. The van der Waals surface area contributed by atoms with Crippen LogP contribution in [0, 0.1) is 0 Å². The number of hydrogen-bond donors (Lipinski definition) is 0. The van der Waals surface area contributed by atoms with Crippen LogP contribution in [0.5, 0.6) is 0 Å². The van der Waals surface area contributed by atoms with E-state index in [0.717, 1.165) is 18.5 Å². The van der Waals surface area contributed by atoms with E-state index in [9.17, 15) is 4.79 Å². The first-order valence-electron chi connectivity index (χ1n) is 4.83. The number of thiophene rings is 1. The van der Waals surface area contributed by atoms with Crippen LogP contribution in [-0.2, 0) is 12.8 Å². The molecule has 4 heteroatoms. The van der Waals surface area contributed by atoms with Gasteiger partial charge >= 0.3 is 0 Å². The number of ketones is 1. The average Bonchev–Trinajstić information content (AvgIpc) is 2.82. The molecule has 0 fully saturated rings. The lowest BCUT2D eigenvalue weighted by atomic mass is 10.0. The number of fused-ring (bicyclic) bond motifs is 3. The Morgan fingerprint density at radius 3 is 3.00 bits per heavy atom.